The van der Waals surface area contributed by atoms with Gasteiger partial charge >= 0.3 is 5.97 Å². The summed E-state index contributed by atoms with van der Waals surface area (Å²) in [6.07, 6.45) is -0.00555. The highest BCUT2D eigenvalue weighted by molar-refractivity contribution is 5.66. The van der Waals surface area contributed by atoms with E-state index in [4.69, 9.17) is 66.7 Å². The molecule has 0 aliphatic carbocycles. The highest BCUT2D eigenvalue weighted by Gasteiger charge is 1.98. The molecule has 0 aromatic rings. The molecule has 0 unspecified atom stereocenters. The lowest BCUT2D eigenvalue weighted by Gasteiger charge is -2.09. The van der Waals surface area contributed by atoms with E-state index < -0.39 is 12.6 Å². The van der Waals surface area contributed by atoms with Crippen LogP contribution in [0.3, 0.4) is 0 Å². The van der Waals surface area contributed by atoms with Crippen LogP contribution < -0.4 is 0 Å². The van der Waals surface area contributed by atoms with Crippen molar-refractivity contribution in [1.82, 2.24) is 0 Å². The zero-order valence-electron chi connectivity index (χ0n) is 26.8. The first kappa shape index (κ1) is 43.9. The summed E-state index contributed by atoms with van der Waals surface area (Å²) in [7, 11) is 0. The highest BCUT2D eigenvalue weighted by Crippen LogP contribution is 1.88. The number of ether oxygens (including phenoxy) is 13. The molecule has 0 aromatic heterocycles. The van der Waals surface area contributed by atoms with E-state index in [9.17, 15) is 9.18 Å². The zero-order chi connectivity index (χ0) is 32.6. The van der Waals surface area contributed by atoms with Crippen LogP contribution in [0.25, 0.3) is 0 Å². The van der Waals surface area contributed by atoms with Crippen LogP contribution in [0.15, 0.2) is 0 Å². The fraction of sp³-hybridized carbons (Fsp3) is 0.966. The van der Waals surface area contributed by atoms with Crippen LogP contribution in [-0.4, -0.2) is 190 Å². The van der Waals surface area contributed by atoms with Crippen LogP contribution in [0.5, 0.6) is 0 Å². The summed E-state index contributed by atoms with van der Waals surface area (Å²) in [6, 6.07) is 0. The van der Waals surface area contributed by atoms with E-state index in [0.29, 0.717) is 159 Å². The number of hydrogen-bond acceptors (Lipinski definition) is 14. The molecule has 0 amide bonds. The predicted octanol–water partition coefficient (Wildman–Crippen LogP) is 0.646. The Kier molecular flexibility index (Phi) is 39.9. The number of rotatable bonds is 41. The first-order chi connectivity index (χ1) is 22.3. The lowest BCUT2D eigenvalue weighted by molar-refractivity contribution is -0.138. The van der Waals surface area contributed by atoms with E-state index in [-0.39, 0.29) is 19.6 Å². The minimum Gasteiger partial charge on any atom is -0.481 e. The van der Waals surface area contributed by atoms with Crippen molar-refractivity contribution in [2.24, 2.45) is 0 Å². The van der Waals surface area contributed by atoms with E-state index >= 15 is 0 Å². The Labute approximate surface area is 267 Å². The van der Waals surface area contributed by atoms with Crippen LogP contribution in [0, 0.1) is 0 Å². The Morgan fingerprint density at radius 1 is 0.311 bits per heavy atom. The summed E-state index contributed by atoms with van der Waals surface area (Å²) in [5, 5.41) is 8.48. The van der Waals surface area contributed by atoms with E-state index in [1.807, 2.05) is 0 Å². The Bertz CT molecular complexity index is 566. The van der Waals surface area contributed by atoms with Gasteiger partial charge in [0, 0.05) is 0 Å². The third kappa shape index (κ3) is 42.9. The largest absolute Gasteiger partial charge is 0.481 e. The predicted molar refractivity (Wildman–Crippen MR) is 159 cm³/mol. The van der Waals surface area contributed by atoms with Gasteiger partial charge < -0.3 is 66.7 Å². The van der Waals surface area contributed by atoms with Crippen molar-refractivity contribution < 1.29 is 75.9 Å². The maximum atomic E-state index is 11.8. The van der Waals surface area contributed by atoms with Crippen molar-refractivity contribution in [3.05, 3.63) is 0 Å². The summed E-state index contributed by atoms with van der Waals surface area (Å²) in [5.74, 6) is -0.877. The lowest BCUT2D eigenvalue weighted by atomic mass is 10.5. The van der Waals surface area contributed by atoms with Gasteiger partial charge in [-0.1, -0.05) is 0 Å². The van der Waals surface area contributed by atoms with Gasteiger partial charge in [-0.3, -0.25) is 4.79 Å². The average molecular weight is 665 g/mol. The standard InChI is InChI=1S/C29H57FO15/c30-2-4-34-6-8-36-10-12-38-14-16-40-18-20-42-22-24-44-26-28-45-27-25-43-23-21-41-19-17-39-15-13-37-11-9-35-7-5-33-3-1-29(31)32/h1-28H2,(H,31,32). The zero-order valence-corrected chi connectivity index (χ0v) is 26.8. The van der Waals surface area contributed by atoms with Gasteiger partial charge in [-0.05, 0) is 0 Å². The third-order valence-electron chi connectivity index (χ3n) is 5.15. The number of carboxylic acid groups (broad SMARTS) is 1. The smallest absolute Gasteiger partial charge is 0.305 e. The lowest BCUT2D eigenvalue weighted by Crippen LogP contribution is -2.15. The summed E-state index contributed by atoms with van der Waals surface area (Å²) in [4.78, 5) is 10.3. The molecular formula is C29H57FO15. The number of aliphatic carboxylic acids is 1. The Balaban J connectivity index is 3.04. The molecule has 0 rings (SSSR count). The Morgan fingerprint density at radius 2 is 0.467 bits per heavy atom. The van der Waals surface area contributed by atoms with Crippen LogP contribution in [0.4, 0.5) is 4.39 Å². The van der Waals surface area contributed by atoms with Gasteiger partial charge in [-0.2, -0.15) is 0 Å². The molecule has 0 radical (unpaired) electrons. The molecule has 16 heteroatoms. The van der Waals surface area contributed by atoms with E-state index in [1.165, 1.54) is 0 Å². The molecule has 0 atom stereocenters. The molecule has 0 heterocycles. The quantitative estimate of drug-likeness (QED) is 0.0908. The molecular weight excluding hydrogens is 607 g/mol. The number of carbonyl (C=O) groups is 1. The van der Waals surface area contributed by atoms with Crippen molar-refractivity contribution in [3.63, 3.8) is 0 Å². The van der Waals surface area contributed by atoms with Crippen LogP contribution >= 0.6 is 0 Å². The van der Waals surface area contributed by atoms with Crippen molar-refractivity contribution in [2.45, 2.75) is 6.42 Å². The van der Waals surface area contributed by atoms with Gasteiger partial charge in [0.25, 0.3) is 0 Å². The van der Waals surface area contributed by atoms with Crippen molar-refractivity contribution in [1.29, 1.82) is 0 Å². The molecule has 0 spiro atoms. The number of alkyl halides is 1. The molecule has 45 heavy (non-hydrogen) atoms. The number of carboxylic acids is 1. The SMILES string of the molecule is O=C(O)CCOCCOCCOCCOCCOCCOCCOCCOCCOCCOCCOCCOCCOCCF. The molecule has 270 valence electrons. The van der Waals surface area contributed by atoms with Crippen LogP contribution in [-0.2, 0) is 66.4 Å². The van der Waals surface area contributed by atoms with E-state index in [1.54, 1.807) is 0 Å². The molecule has 0 aliphatic rings. The van der Waals surface area contributed by atoms with Gasteiger partial charge in [0.05, 0.1) is 178 Å². The first-order valence-electron chi connectivity index (χ1n) is 15.6. The average Bonchev–Trinajstić information content (AvgIpc) is 3.03. The minimum atomic E-state index is -0.877. The normalized spacial score (nSPS) is 11.5. The Morgan fingerprint density at radius 3 is 0.622 bits per heavy atom. The van der Waals surface area contributed by atoms with Gasteiger partial charge in [-0.15, -0.1) is 0 Å². The molecule has 15 nitrogen and oxygen atoms in total. The van der Waals surface area contributed by atoms with Crippen molar-refractivity contribution >= 4 is 5.97 Å². The molecule has 1 N–H and O–H groups in total. The van der Waals surface area contributed by atoms with Gasteiger partial charge in [0.1, 0.15) is 6.67 Å². The second-order valence-corrected chi connectivity index (χ2v) is 8.79. The van der Waals surface area contributed by atoms with Crippen LogP contribution in [0.1, 0.15) is 6.42 Å². The van der Waals surface area contributed by atoms with E-state index in [0.717, 1.165) is 0 Å². The molecule has 0 aromatic carbocycles. The fourth-order valence-corrected chi connectivity index (χ4v) is 2.96. The third-order valence-corrected chi connectivity index (χ3v) is 5.15. The Hall–Kier alpha value is -1.12. The summed E-state index contributed by atoms with van der Waals surface area (Å²) in [5.41, 5.74) is 0. The fourth-order valence-electron chi connectivity index (χ4n) is 2.96. The van der Waals surface area contributed by atoms with Gasteiger partial charge in [-0.25, -0.2) is 4.39 Å². The molecule has 0 saturated carbocycles. The first-order valence-corrected chi connectivity index (χ1v) is 15.6. The second kappa shape index (κ2) is 40.9. The topological polar surface area (TPSA) is 157 Å². The summed E-state index contributed by atoms with van der Waals surface area (Å²) in [6.45, 7) is 10.9. The van der Waals surface area contributed by atoms with Crippen molar-refractivity contribution in [2.75, 3.05) is 178 Å². The number of hydrogen-bond donors (Lipinski definition) is 1. The monoisotopic (exact) mass is 664 g/mol. The highest BCUT2D eigenvalue weighted by atomic mass is 19.1. The maximum Gasteiger partial charge on any atom is 0.305 e. The van der Waals surface area contributed by atoms with Gasteiger partial charge in [0.15, 0.2) is 0 Å². The van der Waals surface area contributed by atoms with Crippen molar-refractivity contribution in [3.8, 4) is 0 Å². The maximum absolute atomic E-state index is 11.8. The van der Waals surface area contributed by atoms with Gasteiger partial charge in [0.2, 0.25) is 0 Å². The molecule has 0 bridgehead atoms. The molecule has 0 aliphatic heterocycles. The summed E-state index contributed by atoms with van der Waals surface area (Å²) >= 11 is 0. The molecule has 0 fully saturated rings. The number of halogens is 1. The minimum absolute atomic E-state index is 0.00555. The summed E-state index contributed by atoms with van der Waals surface area (Å²) < 4.78 is 81.3. The molecule has 0 saturated heterocycles. The van der Waals surface area contributed by atoms with Crippen LogP contribution in [0.2, 0.25) is 0 Å². The van der Waals surface area contributed by atoms with E-state index in [2.05, 4.69) is 0 Å². The second-order valence-electron chi connectivity index (χ2n) is 8.79.